The maximum Gasteiger partial charge on any atom is 0.306 e. The van der Waals surface area contributed by atoms with Crippen LogP contribution in [0.2, 0.25) is 0 Å². The second kappa shape index (κ2) is 6.43. The number of ether oxygens (including phenoxy) is 1. The zero-order valence-corrected chi connectivity index (χ0v) is 11.9. The van der Waals surface area contributed by atoms with Crippen LogP contribution in [0.25, 0.3) is 10.8 Å². The number of Topliss-reactive ketones (excluding diaryl/α,β-unsaturated/α-hetero) is 1. The van der Waals surface area contributed by atoms with Crippen LogP contribution < -0.4 is 0 Å². The molecule has 0 aliphatic carbocycles. The van der Waals surface area contributed by atoms with Gasteiger partial charge in [-0.2, -0.15) is 0 Å². The SMILES string of the molecule is CCOC(=O)CC(C(C)=O)c1cc(F)cc2ccncc12. The molecule has 0 bridgehead atoms. The van der Waals surface area contributed by atoms with E-state index in [-0.39, 0.29) is 18.8 Å². The molecule has 2 rings (SSSR count). The molecule has 0 N–H and O–H groups in total. The van der Waals surface area contributed by atoms with Crippen LogP contribution in [0.15, 0.2) is 30.6 Å². The van der Waals surface area contributed by atoms with Gasteiger partial charge in [-0.25, -0.2) is 4.39 Å². The third-order valence-electron chi connectivity index (χ3n) is 3.29. The van der Waals surface area contributed by atoms with E-state index in [2.05, 4.69) is 4.98 Å². The van der Waals surface area contributed by atoms with Crippen molar-refractivity contribution in [2.45, 2.75) is 26.2 Å². The minimum Gasteiger partial charge on any atom is -0.466 e. The lowest BCUT2D eigenvalue weighted by Crippen LogP contribution is -2.16. The Kier molecular flexibility index (Phi) is 4.62. The summed E-state index contributed by atoms with van der Waals surface area (Å²) in [6, 6.07) is 4.33. The first-order valence-corrected chi connectivity index (χ1v) is 6.72. The Balaban J connectivity index is 2.49. The first-order chi connectivity index (χ1) is 10.0. The van der Waals surface area contributed by atoms with E-state index in [1.165, 1.54) is 19.1 Å². The molecule has 0 saturated heterocycles. The first kappa shape index (κ1) is 15.1. The number of hydrogen-bond donors (Lipinski definition) is 0. The van der Waals surface area contributed by atoms with Crippen molar-refractivity contribution in [3.63, 3.8) is 0 Å². The van der Waals surface area contributed by atoms with Crippen LogP contribution in [0.5, 0.6) is 0 Å². The quantitative estimate of drug-likeness (QED) is 0.794. The third-order valence-corrected chi connectivity index (χ3v) is 3.29. The summed E-state index contributed by atoms with van der Waals surface area (Å²) in [7, 11) is 0. The molecule has 0 aliphatic rings. The monoisotopic (exact) mass is 289 g/mol. The molecule has 0 spiro atoms. The number of benzene rings is 1. The van der Waals surface area contributed by atoms with Crippen LogP contribution in [-0.2, 0) is 14.3 Å². The molecule has 0 radical (unpaired) electrons. The largest absolute Gasteiger partial charge is 0.466 e. The number of nitrogens with zero attached hydrogens (tertiary/aromatic N) is 1. The van der Waals surface area contributed by atoms with Crippen molar-refractivity contribution < 1.29 is 18.7 Å². The molecule has 1 aromatic heterocycles. The third kappa shape index (κ3) is 3.42. The first-order valence-electron chi connectivity index (χ1n) is 6.72. The summed E-state index contributed by atoms with van der Waals surface area (Å²) in [5, 5.41) is 1.32. The summed E-state index contributed by atoms with van der Waals surface area (Å²) >= 11 is 0. The molecule has 5 heteroatoms. The standard InChI is InChI=1S/C16H16FNO3/c1-3-21-16(20)8-13(10(2)19)14-7-12(17)6-11-4-5-18-9-15(11)14/h4-7,9,13H,3,8H2,1-2H3. The zero-order valence-electron chi connectivity index (χ0n) is 11.9. The molecule has 2 aromatic rings. The smallest absolute Gasteiger partial charge is 0.306 e. The predicted octanol–water partition coefficient (Wildman–Crippen LogP) is 3.00. The number of aromatic nitrogens is 1. The van der Waals surface area contributed by atoms with E-state index in [4.69, 9.17) is 4.74 Å². The van der Waals surface area contributed by atoms with Gasteiger partial charge in [0, 0.05) is 17.8 Å². The molecule has 1 atom stereocenters. The van der Waals surface area contributed by atoms with Gasteiger partial charge >= 0.3 is 5.97 Å². The van der Waals surface area contributed by atoms with Crippen molar-refractivity contribution in [1.82, 2.24) is 4.98 Å². The number of pyridine rings is 1. The van der Waals surface area contributed by atoms with Crippen LogP contribution >= 0.6 is 0 Å². The normalized spacial score (nSPS) is 12.1. The van der Waals surface area contributed by atoms with E-state index in [9.17, 15) is 14.0 Å². The maximum atomic E-state index is 13.8. The molecule has 0 fully saturated rings. The summed E-state index contributed by atoms with van der Waals surface area (Å²) in [6.07, 6.45) is 3.03. The molecular formula is C16H16FNO3. The minimum atomic E-state index is -0.730. The summed E-state index contributed by atoms with van der Waals surface area (Å²) in [5.41, 5.74) is 0.471. The Bertz CT molecular complexity index is 684. The number of rotatable bonds is 5. The maximum absolute atomic E-state index is 13.8. The van der Waals surface area contributed by atoms with E-state index in [0.717, 1.165) is 0 Å². The number of carbonyl (C=O) groups is 2. The van der Waals surface area contributed by atoms with Gasteiger partial charge in [-0.05, 0) is 43.0 Å². The molecule has 0 saturated carbocycles. The van der Waals surface area contributed by atoms with Crippen molar-refractivity contribution >= 4 is 22.5 Å². The van der Waals surface area contributed by atoms with Gasteiger partial charge in [0.05, 0.1) is 18.9 Å². The van der Waals surface area contributed by atoms with E-state index in [1.54, 1.807) is 25.4 Å². The Morgan fingerprint density at radius 3 is 2.81 bits per heavy atom. The number of esters is 1. The fourth-order valence-electron chi connectivity index (χ4n) is 2.34. The van der Waals surface area contributed by atoms with Gasteiger partial charge in [0.25, 0.3) is 0 Å². The fraction of sp³-hybridized carbons (Fsp3) is 0.312. The van der Waals surface area contributed by atoms with Gasteiger partial charge in [-0.1, -0.05) is 0 Å². The van der Waals surface area contributed by atoms with Gasteiger partial charge in [0.15, 0.2) is 0 Å². The molecule has 0 amide bonds. The van der Waals surface area contributed by atoms with Gasteiger partial charge in [-0.15, -0.1) is 0 Å². The second-order valence-corrected chi connectivity index (χ2v) is 4.76. The molecule has 21 heavy (non-hydrogen) atoms. The molecule has 110 valence electrons. The zero-order chi connectivity index (χ0) is 15.4. The summed E-state index contributed by atoms with van der Waals surface area (Å²) in [4.78, 5) is 27.6. The number of fused-ring (bicyclic) bond motifs is 1. The lowest BCUT2D eigenvalue weighted by Gasteiger charge is -2.16. The van der Waals surface area contributed by atoms with E-state index < -0.39 is 17.7 Å². The average Bonchev–Trinajstić information content (AvgIpc) is 2.44. The van der Waals surface area contributed by atoms with Crippen LogP contribution in [0.4, 0.5) is 4.39 Å². The predicted molar refractivity (Wildman–Crippen MR) is 76.4 cm³/mol. The summed E-state index contributed by atoms with van der Waals surface area (Å²) in [5.74, 6) is -1.86. The van der Waals surface area contributed by atoms with Crippen molar-refractivity contribution in [3.05, 3.63) is 42.0 Å². The van der Waals surface area contributed by atoms with Gasteiger partial charge < -0.3 is 4.74 Å². The van der Waals surface area contributed by atoms with Crippen molar-refractivity contribution in [2.75, 3.05) is 6.61 Å². The highest BCUT2D eigenvalue weighted by molar-refractivity contribution is 5.94. The Morgan fingerprint density at radius 1 is 1.38 bits per heavy atom. The highest BCUT2D eigenvalue weighted by atomic mass is 19.1. The molecule has 4 nitrogen and oxygen atoms in total. The molecular weight excluding hydrogens is 273 g/mol. The van der Waals surface area contributed by atoms with Crippen LogP contribution in [-0.4, -0.2) is 23.3 Å². The van der Waals surface area contributed by atoms with Gasteiger partial charge in [0.1, 0.15) is 11.6 Å². The molecule has 1 unspecified atom stereocenters. The van der Waals surface area contributed by atoms with Gasteiger partial charge in [-0.3, -0.25) is 14.6 Å². The van der Waals surface area contributed by atoms with Crippen LogP contribution in [0.1, 0.15) is 31.7 Å². The highest BCUT2D eigenvalue weighted by Crippen LogP contribution is 2.29. The molecule has 1 aromatic carbocycles. The van der Waals surface area contributed by atoms with Crippen LogP contribution in [0.3, 0.4) is 0 Å². The summed E-state index contributed by atoms with van der Waals surface area (Å²) in [6.45, 7) is 3.33. The van der Waals surface area contributed by atoms with E-state index in [1.807, 2.05) is 0 Å². The van der Waals surface area contributed by atoms with Crippen molar-refractivity contribution in [1.29, 1.82) is 0 Å². The second-order valence-electron chi connectivity index (χ2n) is 4.76. The van der Waals surface area contributed by atoms with Crippen molar-refractivity contribution in [2.24, 2.45) is 0 Å². The topological polar surface area (TPSA) is 56.3 Å². The Labute approximate surface area is 121 Å². The number of halogens is 1. The van der Waals surface area contributed by atoms with Crippen molar-refractivity contribution in [3.8, 4) is 0 Å². The molecule has 1 heterocycles. The Morgan fingerprint density at radius 2 is 2.14 bits per heavy atom. The van der Waals surface area contributed by atoms with E-state index >= 15 is 0 Å². The Hall–Kier alpha value is -2.30. The number of hydrogen-bond acceptors (Lipinski definition) is 4. The average molecular weight is 289 g/mol. The minimum absolute atomic E-state index is 0.101. The lowest BCUT2D eigenvalue weighted by atomic mass is 9.89. The van der Waals surface area contributed by atoms with E-state index in [0.29, 0.717) is 16.3 Å². The number of ketones is 1. The summed E-state index contributed by atoms with van der Waals surface area (Å²) < 4.78 is 18.6. The van der Waals surface area contributed by atoms with Gasteiger partial charge in [0.2, 0.25) is 0 Å². The number of carbonyl (C=O) groups excluding carboxylic acids is 2. The van der Waals surface area contributed by atoms with Crippen LogP contribution in [0, 0.1) is 5.82 Å². The molecule has 0 aliphatic heterocycles. The lowest BCUT2D eigenvalue weighted by molar-refractivity contribution is -0.144. The highest BCUT2D eigenvalue weighted by Gasteiger charge is 2.24. The fourth-order valence-corrected chi connectivity index (χ4v) is 2.34.